The number of nitrogens with one attached hydrogen (secondary N) is 2. The molecule has 1 aliphatic rings. The fourth-order valence-electron chi connectivity index (χ4n) is 3.34. The second kappa shape index (κ2) is 12.0. The van der Waals surface area contributed by atoms with Crippen molar-refractivity contribution in [1.82, 2.24) is 20.4 Å². The molecule has 6 heteroatoms. The lowest BCUT2D eigenvalue weighted by atomic mass is 10.1. The maximum absolute atomic E-state index is 6.13. The molecule has 2 atom stereocenters. The number of hydrogen-bond acceptors (Lipinski definition) is 4. The maximum atomic E-state index is 6.13. The molecule has 0 radical (unpaired) electrons. The van der Waals surface area contributed by atoms with Crippen LogP contribution in [-0.4, -0.2) is 74.2 Å². The number of hydrogen-bond donors (Lipinski definition) is 2. The molecular formula is C23H41N5O. The van der Waals surface area contributed by atoms with Gasteiger partial charge in [0.1, 0.15) is 5.75 Å². The quantitative estimate of drug-likeness (QED) is 0.490. The van der Waals surface area contributed by atoms with E-state index in [4.69, 9.17) is 9.73 Å². The van der Waals surface area contributed by atoms with Crippen LogP contribution in [0.3, 0.4) is 0 Å². The first-order chi connectivity index (χ1) is 13.9. The van der Waals surface area contributed by atoms with Crippen molar-refractivity contribution in [2.24, 2.45) is 4.99 Å². The Labute approximate surface area is 177 Å². The summed E-state index contributed by atoms with van der Waals surface area (Å²) in [6.07, 6.45) is 1.20. The highest BCUT2D eigenvalue weighted by Gasteiger charge is 2.19. The second-order valence-corrected chi connectivity index (χ2v) is 8.21. The Balaban J connectivity index is 1.98. The molecule has 6 nitrogen and oxygen atoms in total. The Morgan fingerprint density at radius 2 is 1.86 bits per heavy atom. The molecule has 1 aromatic carbocycles. The van der Waals surface area contributed by atoms with Crippen molar-refractivity contribution in [1.29, 1.82) is 0 Å². The number of rotatable bonds is 9. The molecule has 1 saturated heterocycles. The van der Waals surface area contributed by atoms with Gasteiger partial charge < -0.3 is 20.3 Å². The van der Waals surface area contributed by atoms with Crippen LogP contribution in [0.1, 0.15) is 45.2 Å². The van der Waals surface area contributed by atoms with Crippen molar-refractivity contribution < 1.29 is 4.74 Å². The van der Waals surface area contributed by atoms with Crippen LogP contribution in [0.15, 0.2) is 23.2 Å². The predicted molar refractivity (Wildman–Crippen MR) is 123 cm³/mol. The van der Waals surface area contributed by atoms with E-state index in [1.54, 1.807) is 0 Å². The third-order valence-corrected chi connectivity index (χ3v) is 5.60. The highest BCUT2D eigenvalue weighted by Crippen LogP contribution is 2.23. The zero-order chi connectivity index (χ0) is 21.2. The smallest absolute Gasteiger partial charge is 0.191 e. The average Bonchev–Trinajstić information content (AvgIpc) is 2.71. The van der Waals surface area contributed by atoms with Gasteiger partial charge in [-0.05, 0) is 52.8 Å². The van der Waals surface area contributed by atoms with Crippen LogP contribution < -0.4 is 15.4 Å². The summed E-state index contributed by atoms with van der Waals surface area (Å²) in [7, 11) is 2.19. The SMILES string of the molecule is CCNC(=NCc1ccc(C)cc1OC(C)CC)NCC(C)N1CCN(C)CC1. The number of nitrogens with zero attached hydrogens (tertiary/aromatic N) is 3. The molecule has 1 aliphatic heterocycles. The zero-order valence-electron chi connectivity index (χ0n) is 19.3. The largest absolute Gasteiger partial charge is 0.490 e. The Morgan fingerprint density at radius 1 is 1.14 bits per heavy atom. The molecule has 2 N–H and O–H groups in total. The first-order valence-electron chi connectivity index (χ1n) is 11.1. The van der Waals surface area contributed by atoms with Gasteiger partial charge in [-0.15, -0.1) is 0 Å². The normalized spacial score (nSPS) is 18.3. The monoisotopic (exact) mass is 403 g/mol. The summed E-state index contributed by atoms with van der Waals surface area (Å²) in [5.74, 6) is 1.81. The van der Waals surface area contributed by atoms with Gasteiger partial charge in [0.15, 0.2) is 5.96 Å². The van der Waals surface area contributed by atoms with Crippen molar-refractivity contribution in [3.8, 4) is 5.75 Å². The minimum atomic E-state index is 0.204. The molecular weight excluding hydrogens is 362 g/mol. The molecule has 1 fully saturated rings. The van der Waals surface area contributed by atoms with Gasteiger partial charge in [0.05, 0.1) is 12.6 Å². The van der Waals surface area contributed by atoms with Crippen LogP contribution in [0.25, 0.3) is 0 Å². The van der Waals surface area contributed by atoms with E-state index in [-0.39, 0.29) is 6.10 Å². The lowest BCUT2D eigenvalue weighted by molar-refractivity contribution is 0.120. The van der Waals surface area contributed by atoms with Crippen molar-refractivity contribution >= 4 is 5.96 Å². The molecule has 164 valence electrons. The van der Waals surface area contributed by atoms with Gasteiger partial charge in [0, 0.05) is 50.9 Å². The van der Waals surface area contributed by atoms with Gasteiger partial charge in [-0.1, -0.05) is 19.1 Å². The van der Waals surface area contributed by atoms with Crippen molar-refractivity contribution in [2.45, 2.75) is 59.7 Å². The number of aryl methyl sites for hydroxylation is 1. The third kappa shape index (κ3) is 7.86. The van der Waals surface area contributed by atoms with Crippen LogP contribution in [0, 0.1) is 6.92 Å². The van der Waals surface area contributed by atoms with Crippen LogP contribution >= 0.6 is 0 Å². The molecule has 0 saturated carbocycles. The summed E-state index contributed by atoms with van der Waals surface area (Å²) in [5.41, 5.74) is 2.34. The first-order valence-corrected chi connectivity index (χ1v) is 11.1. The summed E-state index contributed by atoms with van der Waals surface area (Å²) >= 11 is 0. The summed E-state index contributed by atoms with van der Waals surface area (Å²) in [6, 6.07) is 6.86. The Bertz CT molecular complexity index is 640. The summed E-state index contributed by atoms with van der Waals surface area (Å²) in [6.45, 7) is 17.6. The lowest BCUT2D eigenvalue weighted by Gasteiger charge is -2.36. The molecule has 2 unspecified atom stereocenters. The highest BCUT2D eigenvalue weighted by atomic mass is 16.5. The van der Waals surface area contributed by atoms with Gasteiger partial charge in [-0.25, -0.2) is 4.99 Å². The minimum Gasteiger partial charge on any atom is -0.490 e. The Hall–Kier alpha value is -1.79. The maximum Gasteiger partial charge on any atom is 0.191 e. The fraction of sp³-hybridized carbons (Fsp3) is 0.696. The third-order valence-electron chi connectivity index (χ3n) is 5.60. The average molecular weight is 404 g/mol. The first kappa shape index (κ1) is 23.5. The van der Waals surface area contributed by atoms with Gasteiger partial charge in [0.25, 0.3) is 0 Å². The summed E-state index contributed by atoms with van der Waals surface area (Å²) in [4.78, 5) is 9.77. The van der Waals surface area contributed by atoms with Gasteiger partial charge >= 0.3 is 0 Å². The molecule has 0 aromatic heterocycles. The minimum absolute atomic E-state index is 0.204. The van der Waals surface area contributed by atoms with E-state index in [1.807, 2.05) is 0 Å². The predicted octanol–water partition coefficient (Wildman–Crippen LogP) is 2.86. The van der Waals surface area contributed by atoms with E-state index in [0.29, 0.717) is 12.6 Å². The molecule has 0 aliphatic carbocycles. The topological polar surface area (TPSA) is 52.1 Å². The van der Waals surface area contributed by atoms with Gasteiger partial charge in [0.2, 0.25) is 0 Å². The highest BCUT2D eigenvalue weighted by molar-refractivity contribution is 5.79. The van der Waals surface area contributed by atoms with E-state index in [0.717, 1.165) is 63.0 Å². The van der Waals surface area contributed by atoms with Gasteiger partial charge in [-0.3, -0.25) is 4.90 Å². The zero-order valence-corrected chi connectivity index (χ0v) is 19.3. The van der Waals surface area contributed by atoms with Crippen LogP contribution in [0.2, 0.25) is 0 Å². The molecule has 29 heavy (non-hydrogen) atoms. The number of aliphatic imine (C=N–C) groups is 1. The Morgan fingerprint density at radius 3 is 2.52 bits per heavy atom. The molecule has 0 bridgehead atoms. The van der Waals surface area contributed by atoms with E-state index in [9.17, 15) is 0 Å². The molecule has 1 aromatic rings. The fourth-order valence-corrected chi connectivity index (χ4v) is 3.34. The molecule has 0 amide bonds. The molecule has 0 spiro atoms. The second-order valence-electron chi connectivity index (χ2n) is 8.21. The Kier molecular flexibility index (Phi) is 9.74. The molecule has 1 heterocycles. The number of ether oxygens (including phenoxy) is 1. The summed E-state index contributed by atoms with van der Waals surface area (Å²) < 4.78 is 6.13. The van der Waals surface area contributed by atoms with Crippen molar-refractivity contribution in [3.05, 3.63) is 29.3 Å². The van der Waals surface area contributed by atoms with Crippen molar-refractivity contribution in [3.63, 3.8) is 0 Å². The number of piperazine rings is 1. The van der Waals surface area contributed by atoms with Crippen LogP contribution in [0.4, 0.5) is 0 Å². The number of guanidine groups is 1. The van der Waals surface area contributed by atoms with Crippen LogP contribution in [-0.2, 0) is 6.54 Å². The summed E-state index contributed by atoms with van der Waals surface area (Å²) in [5, 5.41) is 6.90. The lowest BCUT2D eigenvalue weighted by Crippen LogP contribution is -2.52. The van der Waals surface area contributed by atoms with Crippen LogP contribution in [0.5, 0.6) is 5.75 Å². The van der Waals surface area contributed by atoms with Gasteiger partial charge in [-0.2, -0.15) is 0 Å². The number of likely N-dealkylation sites (N-methyl/N-ethyl adjacent to an activating group) is 1. The van der Waals surface area contributed by atoms with Crippen molar-refractivity contribution in [2.75, 3.05) is 46.3 Å². The van der Waals surface area contributed by atoms with E-state index in [1.165, 1.54) is 5.56 Å². The number of benzene rings is 1. The molecule has 2 rings (SSSR count). The van der Waals surface area contributed by atoms with E-state index >= 15 is 0 Å². The van der Waals surface area contributed by atoms with E-state index in [2.05, 4.69) is 80.3 Å². The van der Waals surface area contributed by atoms with E-state index < -0.39 is 0 Å². The standard InChI is InChI=1S/C23H41N5O/c1-7-20(5)29-22-15-18(3)9-10-21(22)17-26-23(24-8-2)25-16-19(4)28-13-11-27(6)12-14-28/h9-10,15,19-20H,7-8,11-14,16-17H2,1-6H3,(H2,24,25,26).